The Morgan fingerprint density at radius 1 is 1.32 bits per heavy atom. The van der Waals surface area contributed by atoms with Crippen LogP contribution in [0.15, 0.2) is 12.3 Å². The molecule has 1 aromatic heterocycles. The third kappa shape index (κ3) is 2.29. The lowest BCUT2D eigenvalue weighted by Crippen LogP contribution is -2.46. The Labute approximate surface area is 113 Å². The van der Waals surface area contributed by atoms with Crippen LogP contribution in [0.1, 0.15) is 42.6 Å². The topological polar surface area (TPSA) is 55.3 Å². The van der Waals surface area contributed by atoms with Gasteiger partial charge in [-0.3, -0.25) is 4.79 Å². The maximum atomic E-state index is 12.4. The van der Waals surface area contributed by atoms with E-state index in [0.29, 0.717) is 11.1 Å². The highest BCUT2D eigenvalue weighted by atomic mass is 16.5. The van der Waals surface area contributed by atoms with Crippen LogP contribution in [0, 0.1) is 5.41 Å². The van der Waals surface area contributed by atoms with E-state index in [1.165, 1.54) is 26.4 Å². The van der Waals surface area contributed by atoms with E-state index in [2.05, 4.69) is 9.97 Å². The van der Waals surface area contributed by atoms with E-state index in [9.17, 15) is 4.79 Å². The summed E-state index contributed by atoms with van der Waals surface area (Å²) in [4.78, 5) is 22.3. The molecule has 19 heavy (non-hydrogen) atoms. The quantitative estimate of drug-likeness (QED) is 0.815. The van der Waals surface area contributed by atoms with Crippen molar-refractivity contribution in [1.29, 1.82) is 0 Å². The second kappa shape index (κ2) is 4.79. The van der Waals surface area contributed by atoms with Gasteiger partial charge < -0.3 is 9.64 Å². The SMILES string of the molecule is COc1nccc(C(=O)N2CCC3(CCC3)CC2)n1. The normalized spacial score (nSPS) is 21.0. The summed E-state index contributed by atoms with van der Waals surface area (Å²) in [5.41, 5.74) is 0.983. The second-order valence-electron chi connectivity index (χ2n) is 5.57. The molecular weight excluding hydrogens is 242 g/mol. The molecule has 0 N–H and O–H groups in total. The van der Waals surface area contributed by atoms with Crippen LogP contribution < -0.4 is 4.74 Å². The van der Waals surface area contributed by atoms with Crippen molar-refractivity contribution in [2.75, 3.05) is 20.2 Å². The van der Waals surface area contributed by atoms with Crippen LogP contribution in [0.2, 0.25) is 0 Å². The second-order valence-corrected chi connectivity index (χ2v) is 5.57. The Morgan fingerprint density at radius 3 is 2.63 bits per heavy atom. The van der Waals surface area contributed by atoms with Crippen LogP contribution in [-0.2, 0) is 0 Å². The third-order valence-electron chi connectivity index (χ3n) is 4.56. The summed E-state index contributed by atoms with van der Waals surface area (Å²) in [7, 11) is 1.50. The average Bonchev–Trinajstić information content (AvgIpc) is 2.45. The fraction of sp³-hybridized carbons (Fsp3) is 0.643. The molecule has 102 valence electrons. The van der Waals surface area contributed by atoms with Crippen LogP contribution in [0.5, 0.6) is 6.01 Å². The first kappa shape index (κ1) is 12.4. The molecule has 1 spiro atoms. The molecular formula is C14H19N3O2. The van der Waals surface area contributed by atoms with Gasteiger partial charge in [-0.15, -0.1) is 0 Å². The fourth-order valence-electron chi connectivity index (χ4n) is 3.08. The molecule has 0 aromatic carbocycles. The van der Waals surface area contributed by atoms with Gasteiger partial charge in [0.05, 0.1) is 7.11 Å². The molecule has 0 atom stereocenters. The number of methoxy groups -OCH3 is 1. The zero-order valence-electron chi connectivity index (χ0n) is 11.3. The number of hydrogen-bond donors (Lipinski definition) is 0. The third-order valence-corrected chi connectivity index (χ3v) is 4.56. The Morgan fingerprint density at radius 2 is 2.05 bits per heavy atom. The lowest BCUT2D eigenvalue weighted by molar-refractivity contribution is 0.0282. The predicted octanol–water partition coefficient (Wildman–Crippen LogP) is 1.89. The predicted molar refractivity (Wildman–Crippen MR) is 70.0 cm³/mol. The van der Waals surface area contributed by atoms with Crippen LogP contribution in [-0.4, -0.2) is 41.0 Å². The Balaban J connectivity index is 1.67. The summed E-state index contributed by atoms with van der Waals surface area (Å²) in [5, 5.41) is 0. The monoisotopic (exact) mass is 261 g/mol. The van der Waals surface area contributed by atoms with Crippen molar-refractivity contribution in [2.45, 2.75) is 32.1 Å². The van der Waals surface area contributed by atoms with E-state index in [4.69, 9.17) is 4.74 Å². The van der Waals surface area contributed by atoms with Crippen molar-refractivity contribution in [2.24, 2.45) is 5.41 Å². The molecule has 0 radical (unpaired) electrons. The van der Waals surface area contributed by atoms with Gasteiger partial charge in [0.15, 0.2) is 0 Å². The zero-order valence-corrected chi connectivity index (χ0v) is 11.3. The molecule has 2 fully saturated rings. The van der Waals surface area contributed by atoms with Gasteiger partial charge in [-0.25, -0.2) is 4.98 Å². The molecule has 1 saturated heterocycles. The van der Waals surface area contributed by atoms with Crippen molar-refractivity contribution in [3.8, 4) is 6.01 Å². The molecule has 1 amide bonds. The van der Waals surface area contributed by atoms with E-state index in [0.717, 1.165) is 25.9 Å². The van der Waals surface area contributed by atoms with E-state index in [1.807, 2.05) is 4.90 Å². The summed E-state index contributed by atoms with van der Waals surface area (Å²) < 4.78 is 4.96. The largest absolute Gasteiger partial charge is 0.467 e. The number of rotatable bonds is 2. The number of hydrogen-bond acceptors (Lipinski definition) is 4. The highest BCUT2D eigenvalue weighted by Crippen LogP contribution is 2.48. The standard InChI is InChI=1S/C14H19N3O2/c1-19-13-15-8-3-11(16-13)12(18)17-9-6-14(7-10-17)4-2-5-14/h3,8H,2,4-7,9-10H2,1H3. The number of carbonyl (C=O) groups is 1. The molecule has 2 heterocycles. The number of likely N-dealkylation sites (tertiary alicyclic amines) is 1. The van der Waals surface area contributed by atoms with E-state index >= 15 is 0 Å². The Hall–Kier alpha value is -1.65. The van der Waals surface area contributed by atoms with Gasteiger partial charge in [0.25, 0.3) is 5.91 Å². The molecule has 3 rings (SSSR count). The smallest absolute Gasteiger partial charge is 0.316 e. The minimum absolute atomic E-state index is 0.00475. The maximum absolute atomic E-state index is 12.4. The molecule has 0 unspecified atom stereocenters. The highest BCUT2D eigenvalue weighted by molar-refractivity contribution is 5.92. The van der Waals surface area contributed by atoms with Crippen molar-refractivity contribution >= 4 is 5.91 Å². The van der Waals surface area contributed by atoms with Gasteiger partial charge in [0.1, 0.15) is 5.69 Å². The van der Waals surface area contributed by atoms with Gasteiger partial charge in [0.2, 0.25) is 0 Å². The summed E-state index contributed by atoms with van der Waals surface area (Å²) >= 11 is 0. The van der Waals surface area contributed by atoms with Crippen LogP contribution in [0.25, 0.3) is 0 Å². The minimum atomic E-state index is -0.00475. The molecule has 1 saturated carbocycles. The Kier molecular flexibility index (Phi) is 3.12. The number of nitrogens with zero attached hydrogens (tertiary/aromatic N) is 3. The van der Waals surface area contributed by atoms with Crippen LogP contribution in [0.3, 0.4) is 0 Å². The van der Waals surface area contributed by atoms with Crippen molar-refractivity contribution < 1.29 is 9.53 Å². The van der Waals surface area contributed by atoms with Crippen LogP contribution >= 0.6 is 0 Å². The summed E-state index contributed by atoms with van der Waals surface area (Å²) in [5.74, 6) is -0.00475. The number of amides is 1. The van der Waals surface area contributed by atoms with Crippen molar-refractivity contribution in [3.63, 3.8) is 0 Å². The van der Waals surface area contributed by atoms with Gasteiger partial charge in [-0.2, -0.15) is 4.98 Å². The highest BCUT2D eigenvalue weighted by Gasteiger charge is 2.40. The van der Waals surface area contributed by atoms with Crippen molar-refractivity contribution in [3.05, 3.63) is 18.0 Å². The van der Waals surface area contributed by atoms with E-state index in [1.54, 1.807) is 12.3 Å². The minimum Gasteiger partial charge on any atom is -0.467 e. The zero-order chi connectivity index (χ0) is 13.3. The van der Waals surface area contributed by atoms with Crippen molar-refractivity contribution in [1.82, 2.24) is 14.9 Å². The molecule has 0 bridgehead atoms. The summed E-state index contributed by atoms with van der Waals surface area (Å²) in [6.45, 7) is 1.70. The first-order valence-corrected chi connectivity index (χ1v) is 6.89. The van der Waals surface area contributed by atoms with Gasteiger partial charge in [-0.1, -0.05) is 6.42 Å². The molecule has 1 aromatic rings. The van der Waals surface area contributed by atoms with Crippen LogP contribution in [0.4, 0.5) is 0 Å². The van der Waals surface area contributed by atoms with E-state index < -0.39 is 0 Å². The number of carbonyl (C=O) groups excluding carboxylic acids is 1. The average molecular weight is 261 g/mol. The lowest BCUT2D eigenvalue weighted by atomic mass is 9.63. The molecule has 2 aliphatic rings. The van der Waals surface area contributed by atoms with Gasteiger partial charge in [-0.05, 0) is 37.2 Å². The molecule has 1 aliphatic heterocycles. The molecule has 5 nitrogen and oxygen atoms in total. The van der Waals surface area contributed by atoms with Gasteiger partial charge in [0, 0.05) is 19.3 Å². The van der Waals surface area contributed by atoms with Gasteiger partial charge >= 0.3 is 6.01 Å². The number of aromatic nitrogens is 2. The summed E-state index contributed by atoms with van der Waals surface area (Å²) in [6, 6.07) is 1.90. The molecule has 1 aliphatic carbocycles. The first-order valence-electron chi connectivity index (χ1n) is 6.89. The first-order chi connectivity index (χ1) is 9.22. The summed E-state index contributed by atoms with van der Waals surface area (Å²) in [6.07, 6.45) is 7.89. The lowest BCUT2D eigenvalue weighted by Gasteiger charge is -2.47. The Bertz CT molecular complexity index is 475. The number of piperidine rings is 1. The number of ether oxygens (including phenoxy) is 1. The molecule has 5 heteroatoms. The van der Waals surface area contributed by atoms with E-state index in [-0.39, 0.29) is 11.9 Å². The fourth-order valence-corrected chi connectivity index (χ4v) is 3.08. The maximum Gasteiger partial charge on any atom is 0.316 e.